The normalized spacial score (nSPS) is 18.3. The van der Waals surface area contributed by atoms with Gasteiger partial charge >= 0.3 is 6.03 Å². The van der Waals surface area contributed by atoms with Crippen molar-refractivity contribution in [3.05, 3.63) is 63.1 Å². The van der Waals surface area contributed by atoms with Crippen molar-refractivity contribution < 1.29 is 19.2 Å². The third kappa shape index (κ3) is 4.56. The minimum Gasteiger partial charge on any atom is -0.308 e. The Kier molecular flexibility index (Phi) is 5.95. The lowest BCUT2D eigenvalue weighted by atomic mass is 10.0. The molecule has 5 amide bonds. The molecule has 10 heteroatoms. The lowest BCUT2D eigenvalue weighted by Crippen LogP contribution is -2.50. The molecule has 1 atom stereocenters. The number of imide groups is 2. The van der Waals surface area contributed by atoms with Gasteiger partial charge in [0.15, 0.2) is 0 Å². The van der Waals surface area contributed by atoms with Gasteiger partial charge in [0.25, 0.3) is 5.91 Å². The number of urea groups is 1. The number of nitrogens with one attached hydrogen (secondary N) is 3. The van der Waals surface area contributed by atoms with Crippen LogP contribution in [0.4, 0.5) is 10.5 Å². The molecule has 3 N–H and O–H groups in total. The summed E-state index contributed by atoms with van der Waals surface area (Å²) in [4.78, 5) is 50.6. The number of fused-ring (bicyclic) bond motifs is 1. The van der Waals surface area contributed by atoms with E-state index in [1.54, 1.807) is 18.2 Å². The average Bonchev–Trinajstić information content (AvgIpc) is 3.14. The van der Waals surface area contributed by atoms with E-state index in [4.69, 9.17) is 23.2 Å². The summed E-state index contributed by atoms with van der Waals surface area (Å²) in [7, 11) is 0. The monoisotopic (exact) mass is 460 g/mol. The van der Waals surface area contributed by atoms with Gasteiger partial charge in [-0.2, -0.15) is 0 Å². The minimum absolute atomic E-state index is 0.272. The van der Waals surface area contributed by atoms with Crippen molar-refractivity contribution in [2.24, 2.45) is 0 Å². The van der Waals surface area contributed by atoms with Crippen molar-refractivity contribution in [2.45, 2.75) is 32.0 Å². The summed E-state index contributed by atoms with van der Waals surface area (Å²) >= 11 is 11.8. The highest BCUT2D eigenvalue weighted by Crippen LogP contribution is 2.30. The summed E-state index contributed by atoms with van der Waals surface area (Å²) < 4.78 is 0. The van der Waals surface area contributed by atoms with Crippen LogP contribution in [0.25, 0.3) is 0 Å². The molecular formula is C21H18Cl2N4O4. The van der Waals surface area contributed by atoms with Crippen molar-refractivity contribution >= 4 is 52.6 Å². The molecule has 31 heavy (non-hydrogen) atoms. The van der Waals surface area contributed by atoms with E-state index in [1.165, 1.54) is 12.1 Å². The van der Waals surface area contributed by atoms with Gasteiger partial charge < -0.3 is 5.32 Å². The summed E-state index contributed by atoms with van der Waals surface area (Å²) in [5.74, 6) is -1.15. The molecule has 2 heterocycles. The summed E-state index contributed by atoms with van der Waals surface area (Å²) in [6, 6.07) is 8.69. The second-order valence-corrected chi connectivity index (χ2v) is 8.17. The minimum atomic E-state index is -0.707. The van der Waals surface area contributed by atoms with Crippen LogP contribution in [0.1, 0.15) is 34.3 Å². The molecular weight excluding hydrogens is 443 g/mol. The lowest BCUT2D eigenvalue weighted by molar-refractivity contribution is -0.137. The molecule has 0 spiro atoms. The van der Waals surface area contributed by atoms with Crippen LogP contribution >= 0.6 is 23.2 Å². The molecule has 0 radical (unpaired) electrons. The maximum absolute atomic E-state index is 12.8. The molecule has 0 aromatic heterocycles. The largest absolute Gasteiger partial charge is 0.326 e. The van der Waals surface area contributed by atoms with Gasteiger partial charge in [0.1, 0.15) is 0 Å². The number of halogens is 2. The van der Waals surface area contributed by atoms with E-state index >= 15 is 0 Å². The van der Waals surface area contributed by atoms with Crippen molar-refractivity contribution in [1.82, 2.24) is 15.5 Å². The zero-order chi connectivity index (χ0) is 22.1. The summed E-state index contributed by atoms with van der Waals surface area (Å²) in [5, 5.41) is 7.84. The second-order valence-electron chi connectivity index (χ2n) is 7.35. The van der Waals surface area contributed by atoms with Crippen molar-refractivity contribution in [3.8, 4) is 0 Å². The van der Waals surface area contributed by atoms with E-state index < -0.39 is 18.0 Å². The number of carbonyl (C=O) groups is 4. The first kappa shape index (κ1) is 21.3. The van der Waals surface area contributed by atoms with Crippen molar-refractivity contribution in [2.75, 3.05) is 5.32 Å². The molecule has 0 saturated carbocycles. The molecule has 160 valence electrons. The van der Waals surface area contributed by atoms with Gasteiger partial charge in [0, 0.05) is 30.8 Å². The third-order valence-corrected chi connectivity index (χ3v) is 6.05. The van der Waals surface area contributed by atoms with Crippen molar-refractivity contribution in [1.29, 1.82) is 0 Å². The van der Waals surface area contributed by atoms with Crippen LogP contribution in [0.5, 0.6) is 0 Å². The SMILES string of the molecule is O=C1CCC(N2Cc3cccc(C(=O)NC(=O)Nc4ccc(Cl)c(Cl)c4)c3C2)C(=O)N1. The maximum Gasteiger partial charge on any atom is 0.326 e. The highest BCUT2D eigenvalue weighted by atomic mass is 35.5. The summed E-state index contributed by atoms with van der Waals surface area (Å²) in [6.45, 7) is 0.859. The molecule has 1 saturated heterocycles. The molecule has 8 nitrogen and oxygen atoms in total. The van der Waals surface area contributed by atoms with Gasteiger partial charge in [-0.15, -0.1) is 0 Å². The smallest absolute Gasteiger partial charge is 0.308 e. The molecule has 2 aliphatic heterocycles. The first-order valence-corrected chi connectivity index (χ1v) is 10.3. The Labute approximate surface area is 187 Å². The summed E-state index contributed by atoms with van der Waals surface area (Å²) in [5.41, 5.74) is 2.41. The number of amides is 5. The lowest BCUT2D eigenvalue weighted by Gasteiger charge is -2.29. The van der Waals surface area contributed by atoms with Crippen LogP contribution in [-0.2, 0) is 22.7 Å². The molecule has 4 rings (SSSR count). The van der Waals surface area contributed by atoms with Gasteiger partial charge in [-0.3, -0.25) is 29.9 Å². The first-order chi connectivity index (χ1) is 14.8. The molecule has 0 aliphatic carbocycles. The van der Waals surface area contributed by atoms with E-state index in [0.29, 0.717) is 35.8 Å². The van der Waals surface area contributed by atoms with Gasteiger partial charge in [-0.1, -0.05) is 35.3 Å². The van der Waals surface area contributed by atoms with E-state index in [9.17, 15) is 19.2 Å². The molecule has 1 unspecified atom stereocenters. The molecule has 2 aromatic carbocycles. The Hall–Kier alpha value is -2.94. The average molecular weight is 461 g/mol. The van der Waals surface area contributed by atoms with Crippen LogP contribution < -0.4 is 16.0 Å². The van der Waals surface area contributed by atoms with E-state index in [2.05, 4.69) is 16.0 Å². The van der Waals surface area contributed by atoms with Crippen molar-refractivity contribution in [3.63, 3.8) is 0 Å². The van der Waals surface area contributed by atoms with E-state index in [1.807, 2.05) is 11.0 Å². The number of carbonyl (C=O) groups excluding carboxylic acids is 4. The maximum atomic E-state index is 12.8. The van der Waals surface area contributed by atoms with Gasteiger partial charge in [0.05, 0.1) is 16.1 Å². The summed E-state index contributed by atoms with van der Waals surface area (Å²) in [6.07, 6.45) is 0.720. The molecule has 0 bridgehead atoms. The number of benzene rings is 2. The Morgan fingerprint density at radius 3 is 2.61 bits per heavy atom. The molecule has 1 fully saturated rings. The van der Waals surface area contributed by atoms with Gasteiger partial charge in [0.2, 0.25) is 11.8 Å². The van der Waals surface area contributed by atoms with Crippen LogP contribution in [-0.4, -0.2) is 34.7 Å². The molecule has 2 aliphatic rings. The third-order valence-electron chi connectivity index (χ3n) is 5.31. The highest BCUT2D eigenvalue weighted by molar-refractivity contribution is 6.42. The van der Waals surface area contributed by atoms with Crippen LogP contribution in [0.2, 0.25) is 10.0 Å². The predicted molar refractivity (Wildman–Crippen MR) is 115 cm³/mol. The van der Waals surface area contributed by atoms with Gasteiger partial charge in [-0.05, 0) is 41.8 Å². The highest BCUT2D eigenvalue weighted by Gasteiger charge is 2.36. The Bertz CT molecular complexity index is 1100. The Morgan fingerprint density at radius 2 is 1.87 bits per heavy atom. The number of piperidine rings is 1. The Morgan fingerprint density at radius 1 is 1.06 bits per heavy atom. The van der Waals surface area contributed by atoms with Crippen LogP contribution in [0, 0.1) is 0 Å². The predicted octanol–water partition coefficient (Wildman–Crippen LogP) is 3.08. The fourth-order valence-corrected chi connectivity index (χ4v) is 4.12. The zero-order valence-corrected chi connectivity index (χ0v) is 17.7. The quantitative estimate of drug-likeness (QED) is 0.609. The zero-order valence-electron chi connectivity index (χ0n) is 16.2. The van der Waals surface area contributed by atoms with E-state index in [0.717, 1.165) is 11.1 Å². The fourth-order valence-electron chi connectivity index (χ4n) is 3.82. The fraction of sp³-hybridized carbons (Fsp3) is 0.238. The number of rotatable bonds is 3. The molecule has 2 aromatic rings. The second kappa shape index (κ2) is 8.66. The van der Waals surface area contributed by atoms with Gasteiger partial charge in [-0.25, -0.2) is 4.79 Å². The topological polar surface area (TPSA) is 108 Å². The standard InChI is InChI=1S/C21H18Cl2N4O4/c22-15-5-4-12(8-16(15)23)24-21(31)26-19(29)13-3-1-2-11-9-27(10-14(11)13)17-6-7-18(28)25-20(17)30/h1-5,8,17H,6-7,9-10H2,(H,25,28,30)(H2,24,26,29,31). The number of anilines is 1. The van der Waals surface area contributed by atoms with Crippen LogP contribution in [0.15, 0.2) is 36.4 Å². The van der Waals surface area contributed by atoms with Crippen LogP contribution in [0.3, 0.4) is 0 Å². The Balaban J connectivity index is 1.44. The number of nitrogens with zero attached hydrogens (tertiary/aromatic N) is 1. The number of hydrogen-bond acceptors (Lipinski definition) is 5. The van der Waals surface area contributed by atoms with E-state index in [-0.39, 0.29) is 23.3 Å². The number of hydrogen-bond donors (Lipinski definition) is 3. The first-order valence-electron chi connectivity index (χ1n) is 9.57.